The van der Waals surface area contributed by atoms with Crippen molar-refractivity contribution in [3.05, 3.63) is 23.7 Å². The fourth-order valence-electron chi connectivity index (χ4n) is 2.12. The maximum absolute atomic E-state index is 14.7. The van der Waals surface area contributed by atoms with E-state index in [2.05, 4.69) is 9.85 Å². The number of ether oxygens (including phenoxy) is 2. The van der Waals surface area contributed by atoms with Crippen LogP contribution in [-0.4, -0.2) is 36.7 Å². The molecule has 7 atom stereocenters. The summed E-state index contributed by atoms with van der Waals surface area (Å²) < 4.78 is 332. The van der Waals surface area contributed by atoms with E-state index in [4.69, 9.17) is 48.7 Å². The Hall–Kier alpha value is -1.62. The number of allylic oxidation sites excluding steroid dienone is 3. The third-order valence-electron chi connectivity index (χ3n) is 3.40. The molecule has 0 bridgehead atoms. The molecule has 0 unspecified atom stereocenters. The highest BCUT2D eigenvalue weighted by molar-refractivity contribution is 5.76. The maximum Gasteiger partial charge on any atom is 0.311 e. The van der Waals surface area contributed by atoms with Gasteiger partial charge in [0.15, 0.2) is 0 Å². The average molecular weight is 457 g/mol. The Labute approximate surface area is 234 Å². The van der Waals surface area contributed by atoms with Crippen molar-refractivity contribution in [3.63, 3.8) is 0 Å². The van der Waals surface area contributed by atoms with Crippen molar-refractivity contribution < 1.29 is 74.9 Å². The van der Waals surface area contributed by atoms with Crippen molar-refractivity contribution in [2.75, 3.05) is 0 Å². The fraction of sp³-hybridized carbons (Fsp3) is 0.760. The van der Waals surface area contributed by atoms with Crippen molar-refractivity contribution in [2.45, 2.75) is 90.7 Å². The molecule has 0 saturated carbocycles. The molecule has 5 nitrogen and oxygen atoms in total. The summed E-state index contributed by atoms with van der Waals surface area (Å²) in [7, 11) is 0. The molecule has 30 heavy (non-hydrogen) atoms. The van der Waals surface area contributed by atoms with Crippen LogP contribution in [0.5, 0.6) is 0 Å². The highest BCUT2D eigenvalue weighted by atomic mass is 16.6. The number of hydrogen-bond donors (Lipinski definition) is 1. The molecule has 3 aliphatic rings. The summed E-state index contributed by atoms with van der Waals surface area (Å²) >= 11 is 0. The number of rotatable bonds is 7. The number of fused-ring (bicyclic) bond motifs is 1. The van der Waals surface area contributed by atoms with Gasteiger partial charge in [-0.1, -0.05) is 38.7 Å². The summed E-state index contributed by atoms with van der Waals surface area (Å²) in [6.07, 6.45) is -47.0. The standard InChI is InChI=1S/C25H38O5/c1-6-25(4,5)24(28)30-21-12-15(2)11-17-8-7-16(3)20(23(17)21)10-9-19-13-18(26)14-22(27)29-19/h7-8,11,15-16,18-21,23,26H,6,9-10,12-14H2,1-5H3/t15-,16-,18+,19+,20-,21-,23-/m0/s1/i1D3,2D3,3D3,4D3,5D3,6D2,7D,8D,9D2,10D2,11D,12D2,13D2,14D2,15D,16D,18D,19D,20D,21D,23D,26D. The Balaban J connectivity index is 3.01. The maximum atomic E-state index is 14.7. The second-order valence-electron chi connectivity index (χ2n) is 5.52. The first-order valence-corrected chi connectivity index (χ1v) is 7.68. The van der Waals surface area contributed by atoms with E-state index < -0.39 is 155 Å². The predicted molar refractivity (Wildman–Crippen MR) is 115 cm³/mol. The molecule has 0 aromatic rings. The molecule has 1 aliphatic heterocycles. The molecular formula is C25H38O5. The summed E-state index contributed by atoms with van der Waals surface area (Å²) in [5.74, 6) is -28.2. The van der Waals surface area contributed by atoms with Gasteiger partial charge >= 0.3 is 11.9 Å². The van der Waals surface area contributed by atoms with Gasteiger partial charge in [0.25, 0.3) is 0 Å². The van der Waals surface area contributed by atoms with Gasteiger partial charge in [-0.3, -0.25) is 9.59 Å². The number of carbonyl (C=O) groups excluding carboxylic acids is 2. The first-order chi connectivity index (χ1) is 29.2. The smallest absolute Gasteiger partial charge is 0.311 e. The molecule has 2 aliphatic carbocycles. The van der Waals surface area contributed by atoms with Crippen molar-refractivity contribution in [1.29, 1.82) is 1.43 Å². The quantitative estimate of drug-likeness (QED) is 0.567. The van der Waals surface area contributed by atoms with Crippen molar-refractivity contribution in [1.82, 2.24) is 0 Å². The molecule has 5 heteroatoms. The Morgan fingerprint density at radius 1 is 1.50 bits per heavy atom. The minimum Gasteiger partial charge on any atom is -0.462 e. The van der Waals surface area contributed by atoms with Gasteiger partial charge in [-0.05, 0) is 62.5 Å². The van der Waals surface area contributed by atoms with Crippen LogP contribution in [0.25, 0.3) is 0 Å². The summed E-state index contributed by atoms with van der Waals surface area (Å²) in [4.78, 5) is 27.8. The van der Waals surface area contributed by atoms with E-state index in [0.29, 0.717) is 0 Å². The molecule has 1 fully saturated rings. The van der Waals surface area contributed by atoms with E-state index in [1.54, 1.807) is 0 Å². The lowest BCUT2D eigenvalue weighted by atomic mass is 9.65. The predicted octanol–water partition coefficient (Wildman–Crippen LogP) is 4.59. The molecule has 0 spiro atoms. The van der Waals surface area contributed by atoms with Gasteiger partial charge in [-0.2, -0.15) is 0 Å². The van der Waals surface area contributed by atoms with E-state index in [-0.39, 0.29) is 0 Å². The fourth-order valence-corrected chi connectivity index (χ4v) is 2.12. The van der Waals surface area contributed by atoms with Crippen LogP contribution in [0, 0.1) is 29.0 Å². The molecule has 1 saturated heterocycles. The monoisotopic (exact) mass is 457 g/mol. The van der Waals surface area contributed by atoms with Gasteiger partial charge in [0.1, 0.15) is 12.2 Å². The minimum absolute atomic E-state index is 2.39. The third kappa shape index (κ3) is 5.16. The SMILES string of the molecule is [2H]O[C@@]1([2H])C([2H])([2H])C(=O)O[C@]([2H])(C([2H])([2H])C([2H])([2H])[C@]2([2H])[C@]3([2H])C(=C([2H])[C@]([2H])(C([2H])([2H])[2H])C([2H])([2H])[C@]3([2H])OC(=O)C(C([2H])([2H])[2H])(C([2H])([2H])[2H])C([2H])([2H])C([2H])([2H])[2H])C([2H])=C([2H])[C@]2([2H])C([2H])([2H])[2H])C1([2H])[2H]. The van der Waals surface area contributed by atoms with Gasteiger partial charge < -0.3 is 14.6 Å². The van der Waals surface area contributed by atoms with Gasteiger partial charge in [-0.25, -0.2) is 0 Å². The molecular weight excluding hydrogens is 380 g/mol. The minimum atomic E-state index is -5.88. The number of carbonyl (C=O) groups is 2. The topological polar surface area (TPSA) is 72.8 Å². The van der Waals surface area contributed by atoms with Gasteiger partial charge in [0.05, 0.1) is 26.1 Å². The Morgan fingerprint density at radius 3 is 3.13 bits per heavy atom. The first kappa shape index (κ1) is 4.55. The molecule has 1 heterocycles. The van der Waals surface area contributed by atoms with Crippen molar-refractivity contribution >= 4 is 11.9 Å². The van der Waals surface area contributed by atoms with E-state index in [1.165, 1.54) is 0 Å². The summed E-state index contributed by atoms with van der Waals surface area (Å²) in [5.41, 5.74) is -8.04. The molecule has 0 amide bonds. The van der Waals surface area contributed by atoms with Crippen molar-refractivity contribution in [3.8, 4) is 0 Å². The average Bonchev–Trinajstić information content (AvgIpc) is 3.10. The highest BCUT2D eigenvalue weighted by Crippen LogP contribution is 2.45. The number of esters is 2. The summed E-state index contributed by atoms with van der Waals surface area (Å²) in [6, 6.07) is -7.49. The van der Waals surface area contributed by atoms with Gasteiger partial charge in [0, 0.05) is 54.8 Å². The number of aliphatic hydroxyl groups is 1. The normalized spacial score (nSPS) is 81.8. The highest BCUT2D eigenvalue weighted by Gasteiger charge is 2.43. The lowest BCUT2D eigenvalue weighted by Crippen LogP contribution is -2.43. The van der Waals surface area contributed by atoms with Crippen LogP contribution in [-0.2, 0) is 19.1 Å². The first-order valence-electron chi connectivity index (χ1n) is 26.6. The molecule has 168 valence electrons. The largest absolute Gasteiger partial charge is 0.462 e. The molecule has 0 aromatic carbocycles. The molecule has 3 rings (SSSR count). The van der Waals surface area contributed by atoms with Crippen LogP contribution in [0.15, 0.2) is 23.7 Å². The van der Waals surface area contributed by atoms with E-state index in [1.807, 2.05) is 0 Å². The molecule has 0 radical (unpaired) electrons. The van der Waals surface area contributed by atoms with Crippen LogP contribution >= 0.6 is 0 Å². The second kappa shape index (κ2) is 9.25. The number of cyclic esters (lactones) is 1. The second-order valence-corrected chi connectivity index (χ2v) is 5.52. The van der Waals surface area contributed by atoms with Crippen molar-refractivity contribution in [2.24, 2.45) is 29.0 Å². The summed E-state index contributed by atoms with van der Waals surface area (Å²) in [5, 5.41) is 3.77. The Kier molecular flexibility index (Phi) is 1.40. The van der Waals surface area contributed by atoms with Crippen LogP contribution in [0.4, 0.5) is 0 Å². The van der Waals surface area contributed by atoms with E-state index >= 15 is 0 Å². The van der Waals surface area contributed by atoms with E-state index in [9.17, 15) is 17.8 Å². The van der Waals surface area contributed by atoms with Crippen LogP contribution in [0.1, 0.15) is 123 Å². The van der Waals surface area contributed by atoms with Crippen LogP contribution < -0.4 is 0 Å². The third-order valence-corrected chi connectivity index (χ3v) is 3.40. The zero-order chi connectivity index (χ0) is 55.1. The van der Waals surface area contributed by atoms with E-state index in [0.717, 1.165) is 0 Å². The van der Waals surface area contributed by atoms with Crippen LogP contribution in [0.3, 0.4) is 0 Å². The number of hydrogen-bond acceptors (Lipinski definition) is 5. The lowest BCUT2D eigenvalue weighted by Gasteiger charge is -2.44. The Morgan fingerprint density at radius 2 is 2.40 bits per heavy atom. The molecule has 0 aromatic heterocycles. The van der Waals surface area contributed by atoms with Gasteiger partial charge in [-0.15, -0.1) is 0 Å². The zero-order valence-corrected chi connectivity index (χ0v) is 14.5. The summed E-state index contributed by atoms with van der Waals surface area (Å²) in [6.45, 7) is -24.4. The Bertz CT molecular complexity index is 2160. The van der Waals surface area contributed by atoms with Crippen LogP contribution in [0.2, 0.25) is 0 Å². The van der Waals surface area contributed by atoms with Gasteiger partial charge in [0.2, 0.25) is 1.43 Å². The lowest BCUT2D eigenvalue weighted by molar-refractivity contribution is -0.166. The zero-order valence-electron chi connectivity index (χ0n) is 52.5. The molecule has 1 N–H and O–H groups in total.